The maximum atomic E-state index is 12.1. The minimum Gasteiger partial charge on any atom is -0.376 e. The number of nitrogens with one attached hydrogen (secondary N) is 1. The molecule has 0 heterocycles. The Bertz CT molecular complexity index is 596. The molecule has 0 aliphatic heterocycles. The van der Waals surface area contributed by atoms with E-state index in [1.807, 2.05) is 0 Å². The van der Waals surface area contributed by atoms with E-state index in [0.717, 1.165) is 12.1 Å². The minimum absolute atomic E-state index is 0.159. The molecule has 1 rings (SSSR count). The number of carbonyl (C=O) groups excluding carboxylic acids is 1. The third-order valence-corrected chi connectivity index (χ3v) is 3.38. The van der Waals surface area contributed by atoms with Gasteiger partial charge in [0.15, 0.2) is 0 Å². The fourth-order valence-corrected chi connectivity index (χ4v) is 2.07. The summed E-state index contributed by atoms with van der Waals surface area (Å²) in [4.78, 5) is 10.8. The molecule has 1 amide bonds. The summed E-state index contributed by atoms with van der Waals surface area (Å²) < 4.78 is 62.0. The summed E-state index contributed by atoms with van der Waals surface area (Å²) in [5, 5.41) is 2.65. The Labute approximate surface area is 120 Å². The van der Waals surface area contributed by atoms with E-state index >= 15 is 0 Å². The Morgan fingerprint density at radius 2 is 1.81 bits per heavy atom. The molecule has 0 aliphatic carbocycles. The molecule has 21 heavy (non-hydrogen) atoms. The number of hydrogen-bond donors (Lipinski definition) is 1. The van der Waals surface area contributed by atoms with Crippen LogP contribution in [0.2, 0.25) is 0 Å². The molecule has 1 N–H and O–H groups in total. The van der Waals surface area contributed by atoms with E-state index in [0.29, 0.717) is 12.0 Å². The fraction of sp³-hybridized carbons (Fsp3) is 0.417. The van der Waals surface area contributed by atoms with Gasteiger partial charge in [0.2, 0.25) is 5.91 Å². The largest absolute Gasteiger partial charge is 0.534 e. The lowest BCUT2D eigenvalue weighted by atomic mass is 10.1. The van der Waals surface area contributed by atoms with Crippen LogP contribution in [0.25, 0.3) is 0 Å². The smallest absolute Gasteiger partial charge is 0.376 e. The van der Waals surface area contributed by atoms with E-state index < -0.39 is 21.4 Å². The van der Waals surface area contributed by atoms with Crippen LogP contribution < -0.4 is 9.50 Å². The van der Waals surface area contributed by atoms with Crippen molar-refractivity contribution in [2.45, 2.75) is 31.8 Å². The second-order valence-corrected chi connectivity index (χ2v) is 5.97. The number of amides is 1. The lowest BCUT2D eigenvalue weighted by Crippen LogP contribution is -2.32. The maximum Gasteiger partial charge on any atom is 0.534 e. The maximum absolute atomic E-state index is 12.1. The molecule has 0 aromatic heterocycles. The molecule has 0 fully saturated rings. The van der Waals surface area contributed by atoms with Gasteiger partial charge in [-0.25, -0.2) is 0 Å². The van der Waals surface area contributed by atoms with Crippen LogP contribution in [0.15, 0.2) is 24.3 Å². The highest BCUT2D eigenvalue weighted by molar-refractivity contribution is 7.87. The Morgan fingerprint density at radius 1 is 1.29 bits per heavy atom. The average Bonchev–Trinajstić information content (AvgIpc) is 2.28. The molecule has 1 aromatic rings. The van der Waals surface area contributed by atoms with Gasteiger partial charge in [0.1, 0.15) is 5.75 Å². The number of benzene rings is 1. The van der Waals surface area contributed by atoms with Crippen molar-refractivity contribution in [3.63, 3.8) is 0 Å². The monoisotopic (exact) mass is 325 g/mol. The average molecular weight is 325 g/mol. The first kappa shape index (κ1) is 17.3. The van der Waals surface area contributed by atoms with Crippen molar-refractivity contribution in [1.82, 2.24) is 5.32 Å². The first-order chi connectivity index (χ1) is 9.51. The van der Waals surface area contributed by atoms with Crippen LogP contribution >= 0.6 is 0 Å². The molecule has 0 spiro atoms. The van der Waals surface area contributed by atoms with Gasteiger partial charge in [-0.1, -0.05) is 12.1 Å². The lowest BCUT2D eigenvalue weighted by Gasteiger charge is -2.13. The first-order valence-corrected chi connectivity index (χ1v) is 7.29. The van der Waals surface area contributed by atoms with Gasteiger partial charge in [0.25, 0.3) is 0 Å². The Balaban J connectivity index is 2.73. The molecular weight excluding hydrogens is 311 g/mol. The fourth-order valence-electron chi connectivity index (χ4n) is 1.61. The van der Waals surface area contributed by atoms with E-state index in [1.165, 1.54) is 19.1 Å². The zero-order valence-corrected chi connectivity index (χ0v) is 12.1. The zero-order valence-electron chi connectivity index (χ0n) is 11.3. The predicted molar refractivity (Wildman–Crippen MR) is 69.0 cm³/mol. The van der Waals surface area contributed by atoms with Crippen LogP contribution in [-0.2, 0) is 21.3 Å². The standard InChI is InChI=1S/C12H14F3NO4S/c1-8(16-9(2)17)7-10-3-5-11(6-4-10)20-21(18,19)12(13,14)15/h3-6,8H,7H2,1-2H3,(H,16,17)/t8-/m0/s1. The predicted octanol–water partition coefficient (Wildman–Crippen LogP) is 1.98. The van der Waals surface area contributed by atoms with Crippen LogP contribution in [0.4, 0.5) is 13.2 Å². The van der Waals surface area contributed by atoms with Gasteiger partial charge in [-0.3, -0.25) is 4.79 Å². The number of halogens is 3. The van der Waals surface area contributed by atoms with Gasteiger partial charge >= 0.3 is 15.6 Å². The summed E-state index contributed by atoms with van der Waals surface area (Å²) in [6.07, 6.45) is 0.450. The summed E-state index contributed by atoms with van der Waals surface area (Å²) in [5.41, 5.74) is -4.75. The van der Waals surface area contributed by atoms with Crippen molar-refractivity contribution in [3.8, 4) is 5.75 Å². The van der Waals surface area contributed by atoms with Crippen molar-refractivity contribution in [2.75, 3.05) is 0 Å². The van der Waals surface area contributed by atoms with E-state index in [2.05, 4.69) is 9.50 Å². The van der Waals surface area contributed by atoms with Gasteiger partial charge < -0.3 is 9.50 Å². The van der Waals surface area contributed by atoms with Gasteiger partial charge in [0, 0.05) is 13.0 Å². The first-order valence-electron chi connectivity index (χ1n) is 5.88. The van der Waals surface area contributed by atoms with Crippen molar-refractivity contribution < 1.29 is 30.6 Å². The molecular formula is C12H14F3NO4S. The Kier molecular flexibility index (Phi) is 5.21. The number of alkyl halides is 3. The number of carbonyl (C=O) groups is 1. The molecule has 0 unspecified atom stereocenters. The normalized spacial score (nSPS) is 13.6. The second kappa shape index (κ2) is 6.33. The molecule has 0 bridgehead atoms. The highest BCUT2D eigenvalue weighted by atomic mass is 32.2. The summed E-state index contributed by atoms with van der Waals surface area (Å²) in [6.45, 7) is 3.13. The van der Waals surface area contributed by atoms with Crippen LogP contribution in [0.1, 0.15) is 19.4 Å². The number of rotatable bonds is 5. The van der Waals surface area contributed by atoms with Crippen molar-refractivity contribution >= 4 is 16.0 Å². The molecule has 1 aromatic carbocycles. The third kappa shape index (κ3) is 5.25. The number of hydrogen-bond acceptors (Lipinski definition) is 4. The summed E-state index contributed by atoms with van der Waals surface area (Å²) in [5.74, 6) is -0.623. The molecule has 5 nitrogen and oxygen atoms in total. The topological polar surface area (TPSA) is 72.5 Å². The van der Waals surface area contributed by atoms with Gasteiger partial charge in [-0.05, 0) is 31.0 Å². The molecule has 0 aliphatic rings. The Morgan fingerprint density at radius 3 is 2.24 bits per heavy atom. The van der Waals surface area contributed by atoms with E-state index in [-0.39, 0.29) is 11.9 Å². The molecule has 0 saturated heterocycles. The summed E-state index contributed by atoms with van der Waals surface area (Å²) in [6, 6.07) is 4.95. The van der Waals surface area contributed by atoms with Crippen molar-refractivity contribution in [3.05, 3.63) is 29.8 Å². The zero-order chi connectivity index (χ0) is 16.3. The highest BCUT2D eigenvalue weighted by Gasteiger charge is 2.48. The Hall–Kier alpha value is -1.77. The van der Waals surface area contributed by atoms with Crippen LogP contribution in [0.3, 0.4) is 0 Å². The SMILES string of the molecule is CC(=O)N[C@@H](C)Cc1ccc(OS(=O)(=O)C(F)(F)F)cc1. The quantitative estimate of drug-likeness (QED) is 0.664. The van der Waals surface area contributed by atoms with Gasteiger partial charge in [0.05, 0.1) is 0 Å². The van der Waals surface area contributed by atoms with Crippen LogP contribution in [0, 0.1) is 0 Å². The second-order valence-electron chi connectivity index (χ2n) is 4.43. The third-order valence-electron chi connectivity index (χ3n) is 2.40. The van der Waals surface area contributed by atoms with E-state index in [1.54, 1.807) is 6.92 Å². The summed E-state index contributed by atoms with van der Waals surface area (Å²) >= 11 is 0. The van der Waals surface area contributed by atoms with Gasteiger partial charge in [-0.15, -0.1) is 0 Å². The molecule has 0 radical (unpaired) electrons. The van der Waals surface area contributed by atoms with Crippen molar-refractivity contribution in [1.29, 1.82) is 0 Å². The van der Waals surface area contributed by atoms with E-state index in [4.69, 9.17) is 0 Å². The lowest BCUT2D eigenvalue weighted by molar-refractivity contribution is -0.119. The van der Waals surface area contributed by atoms with E-state index in [9.17, 15) is 26.4 Å². The van der Waals surface area contributed by atoms with Crippen LogP contribution in [-0.4, -0.2) is 25.9 Å². The molecule has 9 heteroatoms. The highest BCUT2D eigenvalue weighted by Crippen LogP contribution is 2.27. The minimum atomic E-state index is -5.66. The van der Waals surface area contributed by atoms with Gasteiger partial charge in [-0.2, -0.15) is 21.6 Å². The van der Waals surface area contributed by atoms with Crippen molar-refractivity contribution in [2.24, 2.45) is 0 Å². The van der Waals surface area contributed by atoms with Crippen LogP contribution in [0.5, 0.6) is 5.75 Å². The molecule has 0 saturated carbocycles. The molecule has 118 valence electrons. The molecule has 1 atom stereocenters. The summed E-state index contributed by atoms with van der Waals surface area (Å²) in [7, 11) is -5.66.